The summed E-state index contributed by atoms with van der Waals surface area (Å²) in [6.07, 6.45) is 5.75. The van der Waals surface area contributed by atoms with Gasteiger partial charge in [0.1, 0.15) is 5.75 Å². The molecule has 2 aromatic rings. The number of nitrogens with one attached hydrogen (secondary N) is 2. The van der Waals surface area contributed by atoms with Gasteiger partial charge in [0.25, 0.3) is 5.91 Å². The molecule has 218 valence electrons. The largest absolute Gasteiger partial charge is 0.495 e. The van der Waals surface area contributed by atoms with E-state index < -0.39 is 6.03 Å². The van der Waals surface area contributed by atoms with Crippen LogP contribution >= 0.6 is 0 Å². The lowest BCUT2D eigenvalue weighted by Gasteiger charge is -2.35. The fourth-order valence-corrected chi connectivity index (χ4v) is 5.84. The number of imide groups is 1. The second-order valence-electron chi connectivity index (χ2n) is 11.1. The number of hydrogen-bond acceptors (Lipinski definition) is 6. The Hall–Kier alpha value is -3.92. The van der Waals surface area contributed by atoms with Gasteiger partial charge in [-0.3, -0.25) is 29.5 Å². The van der Waals surface area contributed by atoms with Gasteiger partial charge in [-0.05, 0) is 42.2 Å². The lowest BCUT2D eigenvalue weighted by atomic mass is 9.88. The number of amides is 5. The van der Waals surface area contributed by atoms with Crippen molar-refractivity contribution < 1.29 is 23.9 Å². The van der Waals surface area contributed by atoms with Crippen LogP contribution in [0, 0.1) is 5.92 Å². The van der Waals surface area contributed by atoms with E-state index in [1.54, 1.807) is 18.2 Å². The van der Waals surface area contributed by atoms with Crippen LogP contribution in [0.1, 0.15) is 60.0 Å². The molecule has 10 nitrogen and oxygen atoms in total. The highest BCUT2D eigenvalue weighted by atomic mass is 16.5. The molecule has 0 spiro atoms. The van der Waals surface area contributed by atoms with E-state index in [2.05, 4.69) is 39.8 Å². The van der Waals surface area contributed by atoms with Gasteiger partial charge in [-0.2, -0.15) is 0 Å². The summed E-state index contributed by atoms with van der Waals surface area (Å²) in [5.74, 6) is 0.406. The molecule has 3 aliphatic rings. The second-order valence-corrected chi connectivity index (χ2v) is 11.1. The van der Waals surface area contributed by atoms with E-state index in [0.717, 1.165) is 50.9 Å². The third-order valence-electron chi connectivity index (χ3n) is 8.30. The molecule has 0 atom stereocenters. The zero-order chi connectivity index (χ0) is 28.8. The van der Waals surface area contributed by atoms with Gasteiger partial charge in [-0.15, -0.1) is 0 Å². The number of carbonyl (C=O) groups excluding carboxylic acids is 4. The second kappa shape index (κ2) is 13.2. The van der Waals surface area contributed by atoms with Crippen LogP contribution in [0.3, 0.4) is 0 Å². The summed E-state index contributed by atoms with van der Waals surface area (Å²) in [4.78, 5) is 55.3. The monoisotopic (exact) mass is 561 g/mol. The molecule has 5 amide bonds. The van der Waals surface area contributed by atoms with Gasteiger partial charge in [-0.1, -0.05) is 43.5 Å². The molecule has 0 radical (unpaired) electrons. The van der Waals surface area contributed by atoms with Crippen molar-refractivity contribution in [2.24, 2.45) is 5.92 Å². The predicted molar refractivity (Wildman–Crippen MR) is 155 cm³/mol. The van der Waals surface area contributed by atoms with E-state index in [9.17, 15) is 19.2 Å². The molecule has 2 aliphatic heterocycles. The molecule has 0 unspecified atom stereocenters. The number of piperazine rings is 1. The summed E-state index contributed by atoms with van der Waals surface area (Å²) in [5.41, 5.74) is 3.25. The normalized spacial score (nSPS) is 18.7. The highest BCUT2D eigenvalue weighted by Gasteiger charge is 2.29. The van der Waals surface area contributed by atoms with Crippen LogP contribution in [0.15, 0.2) is 42.5 Å². The minimum Gasteiger partial charge on any atom is -0.495 e. The van der Waals surface area contributed by atoms with Gasteiger partial charge in [0.2, 0.25) is 11.8 Å². The predicted octanol–water partition coefficient (Wildman–Crippen LogP) is 3.30. The maximum Gasteiger partial charge on any atom is 0.328 e. The molecule has 10 heteroatoms. The standard InChI is InChI=1S/C31H39N5O5/c1-41-27-12-11-25(19-26(27)36-14-13-28(37)33-31(36)40)30(39)35-17-15-34(16-18-35)21-23-9-7-22(8-10-23)20-32-29(38)24-5-3-2-4-6-24/h7-12,19,24H,2-6,13-18,20-21H2,1H3,(H,32,38)(H,33,37,40). The van der Waals surface area contributed by atoms with Crippen molar-refractivity contribution in [2.75, 3.05) is 44.7 Å². The summed E-state index contributed by atoms with van der Waals surface area (Å²) in [7, 11) is 1.51. The van der Waals surface area contributed by atoms with E-state index in [-0.39, 0.29) is 36.6 Å². The van der Waals surface area contributed by atoms with Crippen molar-refractivity contribution >= 4 is 29.4 Å². The highest BCUT2D eigenvalue weighted by Crippen LogP contribution is 2.31. The zero-order valence-electron chi connectivity index (χ0n) is 23.7. The fraction of sp³-hybridized carbons (Fsp3) is 0.484. The molecule has 1 saturated carbocycles. The number of urea groups is 1. The molecule has 2 aromatic carbocycles. The SMILES string of the molecule is COc1ccc(C(=O)N2CCN(Cc3ccc(CNC(=O)C4CCCCC4)cc3)CC2)cc1N1CCC(=O)NC1=O. The van der Waals surface area contributed by atoms with Gasteiger partial charge >= 0.3 is 6.03 Å². The van der Waals surface area contributed by atoms with Gasteiger partial charge in [0.15, 0.2) is 0 Å². The van der Waals surface area contributed by atoms with E-state index in [1.165, 1.54) is 24.0 Å². The Morgan fingerprint density at radius 2 is 1.63 bits per heavy atom. The van der Waals surface area contributed by atoms with E-state index >= 15 is 0 Å². The molecule has 2 N–H and O–H groups in total. The first kappa shape index (κ1) is 28.6. The smallest absolute Gasteiger partial charge is 0.328 e. The van der Waals surface area contributed by atoms with Crippen LogP contribution in [0.5, 0.6) is 5.75 Å². The highest BCUT2D eigenvalue weighted by molar-refractivity contribution is 6.07. The molecule has 2 heterocycles. The molecular formula is C31H39N5O5. The summed E-state index contributed by atoms with van der Waals surface area (Å²) in [5, 5.41) is 5.42. The molecule has 1 aliphatic carbocycles. The van der Waals surface area contributed by atoms with Gasteiger partial charge < -0.3 is 15.0 Å². The average Bonchev–Trinajstić information content (AvgIpc) is 3.01. The Balaban J connectivity index is 1.12. The first-order valence-electron chi connectivity index (χ1n) is 14.6. The van der Waals surface area contributed by atoms with Crippen molar-refractivity contribution in [2.45, 2.75) is 51.6 Å². The Kier molecular flexibility index (Phi) is 9.18. The number of ether oxygens (including phenoxy) is 1. The van der Waals surface area contributed by atoms with Gasteiger partial charge in [0.05, 0.1) is 12.8 Å². The Bertz CT molecular complexity index is 1270. The quantitative estimate of drug-likeness (QED) is 0.512. The Labute approximate surface area is 241 Å². The average molecular weight is 562 g/mol. The minimum atomic E-state index is -0.519. The summed E-state index contributed by atoms with van der Waals surface area (Å²) >= 11 is 0. The lowest BCUT2D eigenvalue weighted by molar-refractivity contribution is -0.126. The van der Waals surface area contributed by atoms with Gasteiger partial charge in [0, 0.05) is 63.7 Å². The van der Waals surface area contributed by atoms with Crippen molar-refractivity contribution in [3.63, 3.8) is 0 Å². The number of methoxy groups -OCH3 is 1. The van der Waals surface area contributed by atoms with E-state index in [4.69, 9.17) is 4.74 Å². The topological polar surface area (TPSA) is 111 Å². The maximum absolute atomic E-state index is 13.3. The third kappa shape index (κ3) is 7.05. The zero-order valence-corrected chi connectivity index (χ0v) is 23.7. The third-order valence-corrected chi connectivity index (χ3v) is 8.30. The minimum absolute atomic E-state index is 0.0957. The van der Waals surface area contributed by atoms with Gasteiger partial charge in [-0.25, -0.2) is 4.79 Å². The van der Waals surface area contributed by atoms with Crippen molar-refractivity contribution in [1.82, 2.24) is 20.4 Å². The van der Waals surface area contributed by atoms with Crippen LogP contribution in [-0.2, 0) is 22.7 Å². The number of anilines is 1. The van der Waals surface area contributed by atoms with Crippen LogP contribution in [0.4, 0.5) is 10.5 Å². The number of carbonyl (C=O) groups is 4. The molecule has 5 rings (SSSR count). The number of rotatable bonds is 8. The summed E-state index contributed by atoms with van der Waals surface area (Å²) in [6, 6.07) is 12.9. The van der Waals surface area contributed by atoms with Crippen LogP contribution in [0.2, 0.25) is 0 Å². The first-order valence-corrected chi connectivity index (χ1v) is 14.6. The Morgan fingerprint density at radius 1 is 0.927 bits per heavy atom. The molecular weight excluding hydrogens is 522 g/mol. The number of nitrogens with zero attached hydrogens (tertiary/aromatic N) is 3. The molecule has 0 bridgehead atoms. The summed E-state index contributed by atoms with van der Waals surface area (Å²) in [6.45, 7) is 4.30. The molecule has 0 aromatic heterocycles. The number of benzene rings is 2. The maximum atomic E-state index is 13.3. The molecule has 41 heavy (non-hydrogen) atoms. The lowest BCUT2D eigenvalue weighted by Crippen LogP contribution is -2.50. The first-order chi connectivity index (χ1) is 19.9. The van der Waals surface area contributed by atoms with Crippen molar-refractivity contribution in [3.8, 4) is 5.75 Å². The number of hydrogen-bond donors (Lipinski definition) is 2. The van der Waals surface area contributed by atoms with E-state index in [0.29, 0.717) is 36.6 Å². The molecule has 3 fully saturated rings. The van der Waals surface area contributed by atoms with Crippen molar-refractivity contribution in [3.05, 3.63) is 59.2 Å². The van der Waals surface area contributed by atoms with Crippen LogP contribution in [-0.4, -0.2) is 73.4 Å². The Morgan fingerprint density at radius 3 is 2.32 bits per heavy atom. The van der Waals surface area contributed by atoms with Crippen molar-refractivity contribution in [1.29, 1.82) is 0 Å². The molecule has 2 saturated heterocycles. The van der Waals surface area contributed by atoms with E-state index in [1.807, 2.05) is 4.90 Å². The fourth-order valence-electron chi connectivity index (χ4n) is 5.84. The van der Waals surface area contributed by atoms with Crippen LogP contribution < -0.4 is 20.3 Å². The summed E-state index contributed by atoms with van der Waals surface area (Å²) < 4.78 is 5.42. The van der Waals surface area contributed by atoms with Crippen LogP contribution in [0.25, 0.3) is 0 Å².